The van der Waals surface area contributed by atoms with Gasteiger partial charge in [0.15, 0.2) is 0 Å². The van der Waals surface area contributed by atoms with Gasteiger partial charge < -0.3 is 16.2 Å². The van der Waals surface area contributed by atoms with Gasteiger partial charge in [-0.15, -0.1) is 11.3 Å². The highest BCUT2D eigenvalue weighted by Crippen LogP contribution is 2.40. The molecule has 2 aromatic rings. The van der Waals surface area contributed by atoms with Gasteiger partial charge in [-0.05, 0) is 25.0 Å². The molecule has 9 heteroatoms. The molecule has 6 nitrogen and oxygen atoms in total. The van der Waals surface area contributed by atoms with Crippen LogP contribution in [0.1, 0.15) is 23.2 Å². The molecule has 0 fully saturated rings. The van der Waals surface area contributed by atoms with Gasteiger partial charge in [0.05, 0.1) is 17.4 Å². The fraction of sp³-hybridized carbons (Fsp3) is 0.211. The van der Waals surface area contributed by atoms with Crippen LogP contribution in [0.2, 0.25) is 10.0 Å². The van der Waals surface area contributed by atoms with Crippen LogP contribution in [0.15, 0.2) is 35.7 Å². The molecular weight excluding hydrogens is 423 g/mol. The molecule has 0 saturated heterocycles. The number of hydrogen-bond acceptors (Lipinski definition) is 4. The number of carbonyl (C=O) groups is 3. The fourth-order valence-corrected chi connectivity index (χ4v) is 4.66. The van der Waals surface area contributed by atoms with Crippen LogP contribution in [0.25, 0.3) is 11.1 Å². The smallest absolute Gasteiger partial charge is 0.307 e. The Balaban J connectivity index is 1.94. The van der Waals surface area contributed by atoms with Crippen molar-refractivity contribution >= 4 is 57.3 Å². The summed E-state index contributed by atoms with van der Waals surface area (Å²) < 4.78 is 0. The molecule has 1 aromatic carbocycles. The molecule has 2 atom stereocenters. The number of rotatable bonds is 5. The van der Waals surface area contributed by atoms with Gasteiger partial charge in [0.25, 0.3) is 5.91 Å². The fourth-order valence-electron chi connectivity index (χ4n) is 3.18. The minimum Gasteiger partial charge on any atom is -0.481 e. The van der Waals surface area contributed by atoms with E-state index < -0.39 is 29.6 Å². The summed E-state index contributed by atoms with van der Waals surface area (Å²) in [5, 5.41) is 14.8. The van der Waals surface area contributed by atoms with Crippen LogP contribution in [-0.2, 0) is 9.59 Å². The molecule has 146 valence electrons. The molecule has 2 amide bonds. The van der Waals surface area contributed by atoms with E-state index in [9.17, 15) is 19.5 Å². The molecule has 0 aliphatic heterocycles. The molecule has 28 heavy (non-hydrogen) atoms. The summed E-state index contributed by atoms with van der Waals surface area (Å²) >= 11 is 13.3. The van der Waals surface area contributed by atoms with E-state index in [0.29, 0.717) is 27.6 Å². The summed E-state index contributed by atoms with van der Waals surface area (Å²) in [7, 11) is 0. The maximum absolute atomic E-state index is 12.7. The maximum Gasteiger partial charge on any atom is 0.307 e. The summed E-state index contributed by atoms with van der Waals surface area (Å²) in [6, 6.07) is 4.84. The van der Waals surface area contributed by atoms with E-state index in [1.165, 1.54) is 0 Å². The van der Waals surface area contributed by atoms with Crippen molar-refractivity contribution in [2.75, 3.05) is 5.32 Å². The molecule has 1 aliphatic carbocycles. The number of benzene rings is 1. The highest BCUT2D eigenvalue weighted by molar-refractivity contribution is 7.15. The second-order valence-electron chi connectivity index (χ2n) is 6.33. The Hall–Kier alpha value is -2.35. The third-order valence-electron chi connectivity index (χ3n) is 4.58. The third-order valence-corrected chi connectivity index (χ3v) is 6.03. The Morgan fingerprint density at radius 2 is 1.79 bits per heavy atom. The van der Waals surface area contributed by atoms with E-state index >= 15 is 0 Å². The van der Waals surface area contributed by atoms with Gasteiger partial charge in [-0.25, -0.2) is 0 Å². The second-order valence-corrected chi connectivity index (χ2v) is 8.05. The van der Waals surface area contributed by atoms with Crippen LogP contribution >= 0.6 is 34.5 Å². The zero-order valence-corrected chi connectivity index (χ0v) is 16.8. The van der Waals surface area contributed by atoms with Gasteiger partial charge in [0.2, 0.25) is 5.91 Å². The van der Waals surface area contributed by atoms with Crippen LogP contribution in [-0.4, -0.2) is 22.9 Å². The topological polar surface area (TPSA) is 109 Å². The monoisotopic (exact) mass is 438 g/mol. The number of anilines is 1. The van der Waals surface area contributed by atoms with Gasteiger partial charge in [-0.2, -0.15) is 0 Å². The van der Waals surface area contributed by atoms with Gasteiger partial charge in [-0.1, -0.05) is 41.4 Å². The zero-order valence-electron chi connectivity index (χ0n) is 14.4. The Labute approximate surface area is 174 Å². The normalized spacial score (nSPS) is 18.6. The van der Waals surface area contributed by atoms with Crippen LogP contribution < -0.4 is 11.1 Å². The molecule has 0 radical (unpaired) electrons. The number of nitrogens with one attached hydrogen (secondary N) is 1. The van der Waals surface area contributed by atoms with E-state index in [1.807, 2.05) is 0 Å². The largest absolute Gasteiger partial charge is 0.481 e. The molecule has 3 rings (SSSR count). The lowest BCUT2D eigenvalue weighted by molar-refractivity contribution is -0.146. The van der Waals surface area contributed by atoms with Crippen molar-refractivity contribution in [3.8, 4) is 11.1 Å². The summed E-state index contributed by atoms with van der Waals surface area (Å²) in [5.74, 6) is -3.76. The molecule has 2 unspecified atom stereocenters. The highest BCUT2D eigenvalue weighted by Gasteiger charge is 2.34. The average Bonchev–Trinajstić information content (AvgIpc) is 3.05. The number of hydrogen-bond donors (Lipinski definition) is 3. The van der Waals surface area contributed by atoms with Crippen LogP contribution in [0.4, 0.5) is 5.00 Å². The predicted octanol–water partition coefficient (Wildman–Crippen LogP) is 4.43. The predicted molar refractivity (Wildman–Crippen MR) is 110 cm³/mol. The SMILES string of the molecule is NC(=O)c1c(-c2ccc(Cl)cc2Cl)csc1NC(=O)C1CC=CCC1C(=O)O. The van der Waals surface area contributed by atoms with E-state index in [2.05, 4.69) is 5.32 Å². The lowest BCUT2D eigenvalue weighted by Gasteiger charge is -2.24. The van der Waals surface area contributed by atoms with E-state index in [4.69, 9.17) is 28.9 Å². The first kappa shape index (κ1) is 20.4. The number of amides is 2. The van der Waals surface area contributed by atoms with Crippen molar-refractivity contribution in [1.29, 1.82) is 0 Å². The van der Waals surface area contributed by atoms with Crippen molar-refractivity contribution in [3.05, 3.63) is 51.3 Å². The lowest BCUT2D eigenvalue weighted by atomic mass is 9.82. The van der Waals surface area contributed by atoms with E-state index in [1.54, 1.807) is 35.7 Å². The minimum atomic E-state index is -1.03. The Bertz CT molecular complexity index is 986. The number of carbonyl (C=O) groups excluding carboxylic acids is 2. The number of allylic oxidation sites excluding steroid dienone is 2. The number of thiophene rings is 1. The molecule has 4 N–H and O–H groups in total. The third kappa shape index (κ3) is 4.06. The number of nitrogens with two attached hydrogens (primary N) is 1. The number of primary amides is 1. The highest BCUT2D eigenvalue weighted by atomic mass is 35.5. The molecule has 1 heterocycles. The summed E-state index contributed by atoms with van der Waals surface area (Å²) in [5.41, 5.74) is 6.71. The summed E-state index contributed by atoms with van der Waals surface area (Å²) in [4.78, 5) is 36.2. The summed E-state index contributed by atoms with van der Waals surface area (Å²) in [6.07, 6.45) is 4.14. The Morgan fingerprint density at radius 1 is 1.11 bits per heavy atom. The number of aliphatic carboxylic acids is 1. The van der Waals surface area contributed by atoms with Gasteiger partial charge in [0.1, 0.15) is 5.00 Å². The Kier molecular flexibility index (Phi) is 6.07. The molecular formula is C19H16Cl2N2O4S. The first-order valence-electron chi connectivity index (χ1n) is 8.35. The zero-order chi connectivity index (χ0) is 20.4. The summed E-state index contributed by atoms with van der Waals surface area (Å²) in [6.45, 7) is 0. The van der Waals surface area contributed by atoms with Crippen molar-refractivity contribution in [3.63, 3.8) is 0 Å². The van der Waals surface area contributed by atoms with Gasteiger partial charge in [0, 0.05) is 26.6 Å². The molecule has 0 spiro atoms. The van der Waals surface area contributed by atoms with E-state index in [-0.39, 0.29) is 17.0 Å². The first-order chi connectivity index (χ1) is 13.3. The molecule has 0 saturated carbocycles. The van der Waals surface area contributed by atoms with Crippen molar-refractivity contribution in [2.24, 2.45) is 17.6 Å². The van der Waals surface area contributed by atoms with Gasteiger partial charge in [-0.3, -0.25) is 14.4 Å². The van der Waals surface area contributed by atoms with Crippen molar-refractivity contribution < 1.29 is 19.5 Å². The maximum atomic E-state index is 12.7. The van der Waals surface area contributed by atoms with Crippen molar-refractivity contribution in [2.45, 2.75) is 12.8 Å². The second kappa shape index (κ2) is 8.34. The first-order valence-corrected chi connectivity index (χ1v) is 9.98. The number of carboxylic acids is 1. The van der Waals surface area contributed by atoms with Gasteiger partial charge >= 0.3 is 5.97 Å². The van der Waals surface area contributed by atoms with E-state index in [0.717, 1.165) is 11.3 Å². The van der Waals surface area contributed by atoms with Crippen LogP contribution in [0, 0.1) is 11.8 Å². The van der Waals surface area contributed by atoms with Crippen LogP contribution in [0.5, 0.6) is 0 Å². The minimum absolute atomic E-state index is 0.126. The number of halogens is 2. The standard InChI is InChI=1S/C19H16Cl2N2O4S/c20-9-5-6-10(14(21)7-9)13-8-28-18(15(13)16(22)24)23-17(25)11-3-1-2-4-12(11)19(26)27/h1-2,5-8,11-12H,3-4H2,(H2,22,24)(H,23,25)(H,26,27). The lowest BCUT2D eigenvalue weighted by Crippen LogP contribution is -2.35. The van der Waals surface area contributed by atoms with Crippen molar-refractivity contribution in [1.82, 2.24) is 0 Å². The molecule has 0 bridgehead atoms. The average molecular weight is 439 g/mol. The molecule has 1 aliphatic rings. The quantitative estimate of drug-likeness (QED) is 0.599. The number of carboxylic acid groups (broad SMARTS) is 1. The molecule has 1 aromatic heterocycles. The Morgan fingerprint density at radius 3 is 2.39 bits per heavy atom. The van der Waals surface area contributed by atoms with Crippen LogP contribution in [0.3, 0.4) is 0 Å².